The Balaban J connectivity index is 0.00000180. The van der Waals surface area contributed by atoms with Gasteiger partial charge in [0, 0.05) is 19.8 Å². The quantitative estimate of drug-likeness (QED) is 0.921. The van der Waals surface area contributed by atoms with Crippen LogP contribution in [0.15, 0.2) is 30.3 Å². The Morgan fingerprint density at radius 2 is 1.84 bits per heavy atom. The molecule has 0 unspecified atom stereocenters. The van der Waals surface area contributed by atoms with E-state index in [0.29, 0.717) is 0 Å². The van der Waals surface area contributed by atoms with E-state index in [-0.39, 0.29) is 18.3 Å². The summed E-state index contributed by atoms with van der Waals surface area (Å²) in [5, 5.41) is 3.26. The second-order valence-corrected chi connectivity index (χ2v) is 4.65. The number of methoxy groups -OCH3 is 1. The monoisotopic (exact) mass is 284 g/mol. The van der Waals surface area contributed by atoms with Gasteiger partial charge in [0.1, 0.15) is 5.60 Å². The summed E-state index contributed by atoms with van der Waals surface area (Å²) in [5.41, 5.74) is 0.230. The number of nitrogens with zero attached hydrogens (tertiary/aromatic N) is 1. The lowest BCUT2D eigenvalue weighted by Crippen LogP contribution is -2.54. The third-order valence-corrected chi connectivity index (χ3v) is 3.64. The minimum absolute atomic E-state index is 0. The van der Waals surface area contributed by atoms with Crippen LogP contribution in [0.4, 0.5) is 5.69 Å². The fraction of sp³-hybridized carbons (Fsp3) is 0.500. The summed E-state index contributed by atoms with van der Waals surface area (Å²) in [6.07, 6.45) is 1.44. The van der Waals surface area contributed by atoms with Crippen LogP contribution in [0.25, 0.3) is 0 Å². The third kappa shape index (κ3) is 3.26. The Hall–Kier alpha value is -1.10. The van der Waals surface area contributed by atoms with Gasteiger partial charge in [0.15, 0.2) is 0 Å². The van der Waals surface area contributed by atoms with E-state index >= 15 is 0 Å². The predicted molar refractivity (Wildman–Crippen MR) is 78.9 cm³/mol. The molecule has 0 bridgehead atoms. The first-order valence-corrected chi connectivity index (χ1v) is 6.29. The smallest absolute Gasteiger partial charge is 0.259 e. The molecule has 4 nitrogen and oxygen atoms in total. The average Bonchev–Trinajstić information content (AvgIpc) is 2.47. The molecule has 2 rings (SSSR count). The third-order valence-electron chi connectivity index (χ3n) is 3.64. The average molecular weight is 285 g/mol. The topological polar surface area (TPSA) is 41.6 Å². The van der Waals surface area contributed by atoms with Crippen molar-refractivity contribution in [3.8, 4) is 0 Å². The lowest BCUT2D eigenvalue weighted by atomic mass is 9.90. The first-order chi connectivity index (χ1) is 8.69. The van der Waals surface area contributed by atoms with Crippen molar-refractivity contribution in [2.24, 2.45) is 0 Å². The second-order valence-electron chi connectivity index (χ2n) is 4.65. The van der Waals surface area contributed by atoms with Crippen LogP contribution in [-0.2, 0) is 9.53 Å². The van der Waals surface area contributed by atoms with Gasteiger partial charge in [-0.25, -0.2) is 0 Å². The lowest BCUT2D eigenvalue weighted by Gasteiger charge is -2.37. The van der Waals surface area contributed by atoms with Gasteiger partial charge in [0.25, 0.3) is 5.91 Å². The highest BCUT2D eigenvalue weighted by Gasteiger charge is 2.41. The summed E-state index contributed by atoms with van der Waals surface area (Å²) in [7, 11) is 3.43. The number of ether oxygens (including phenoxy) is 1. The Labute approximate surface area is 120 Å². The number of para-hydroxylation sites is 1. The van der Waals surface area contributed by atoms with Gasteiger partial charge < -0.3 is 15.0 Å². The van der Waals surface area contributed by atoms with Crippen molar-refractivity contribution < 1.29 is 9.53 Å². The summed E-state index contributed by atoms with van der Waals surface area (Å²) < 4.78 is 5.55. The molecule has 5 heteroatoms. The zero-order valence-electron chi connectivity index (χ0n) is 11.4. The number of rotatable bonds is 3. The van der Waals surface area contributed by atoms with E-state index in [0.717, 1.165) is 31.6 Å². The molecule has 1 amide bonds. The van der Waals surface area contributed by atoms with E-state index in [2.05, 4.69) is 5.32 Å². The molecule has 1 fully saturated rings. The van der Waals surface area contributed by atoms with Gasteiger partial charge in [-0.2, -0.15) is 0 Å². The molecule has 1 heterocycles. The minimum atomic E-state index is -0.671. The van der Waals surface area contributed by atoms with E-state index in [9.17, 15) is 4.79 Å². The Morgan fingerprint density at radius 1 is 1.26 bits per heavy atom. The number of amides is 1. The highest BCUT2D eigenvalue weighted by atomic mass is 35.5. The molecule has 19 heavy (non-hydrogen) atoms. The molecule has 0 aromatic heterocycles. The number of hydrogen-bond donors (Lipinski definition) is 1. The fourth-order valence-electron chi connectivity index (χ4n) is 2.41. The Bertz CT molecular complexity index is 405. The number of carbonyl (C=O) groups excluding carboxylic acids is 1. The zero-order chi connectivity index (χ0) is 13.0. The van der Waals surface area contributed by atoms with Crippen LogP contribution in [0.1, 0.15) is 12.8 Å². The van der Waals surface area contributed by atoms with Crippen molar-refractivity contribution >= 4 is 24.0 Å². The zero-order valence-corrected chi connectivity index (χ0v) is 12.2. The molecular formula is C14H21ClN2O2. The van der Waals surface area contributed by atoms with Gasteiger partial charge in [-0.1, -0.05) is 18.2 Å². The molecule has 1 saturated heterocycles. The van der Waals surface area contributed by atoms with Crippen LogP contribution in [-0.4, -0.2) is 38.8 Å². The molecule has 0 spiro atoms. The van der Waals surface area contributed by atoms with Crippen molar-refractivity contribution in [1.82, 2.24) is 5.32 Å². The van der Waals surface area contributed by atoms with Gasteiger partial charge in [-0.3, -0.25) is 4.79 Å². The van der Waals surface area contributed by atoms with Gasteiger partial charge in [-0.15, -0.1) is 12.4 Å². The van der Waals surface area contributed by atoms with E-state index in [1.54, 1.807) is 19.1 Å². The van der Waals surface area contributed by atoms with Gasteiger partial charge in [0.05, 0.1) is 0 Å². The SMILES string of the molecule is COC1(C(=O)N(C)c2ccccc2)CCNCC1.Cl. The second kappa shape index (κ2) is 6.89. The maximum Gasteiger partial charge on any atom is 0.259 e. The molecule has 106 valence electrons. The molecule has 0 radical (unpaired) electrons. The number of carbonyl (C=O) groups is 1. The number of nitrogens with one attached hydrogen (secondary N) is 1. The summed E-state index contributed by atoms with van der Waals surface area (Å²) in [4.78, 5) is 14.3. The molecule has 1 aromatic carbocycles. The highest BCUT2D eigenvalue weighted by Crippen LogP contribution is 2.27. The van der Waals surface area contributed by atoms with Crippen molar-refractivity contribution in [1.29, 1.82) is 0 Å². The number of benzene rings is 1. The molecule has 0 aliphatic carbocycles. The largest absolute Gasteiger partial charge is 0.368 e. The van der Waals surface area contributed by atoms with Gasteiger partial charge in [-0.05, 0) is 38.1 Å². The van der Waals surface area contributed by atoms with Crippen LogP contribution < -0.4 is 10.2 Å². The Kier molecular flexibility index (Phi) is 5.79. The van der Waals surface area contributed by atoms with Crippen molar-refractivity contribution in [2.75, 3.05) is 32.1 Å². The van der Waals surface area contributed by atoms with E-state index < -0.39 is 5.60 Å². The van der Waals surface area contributed by atoms with Gasteiger partial charge in [0.2, 0.25) is 0 Å². The van der Waals surface area contributed by atoms with Crippen molar-refractivity contribution in [2.45, 2.75) is 18.4 Å². The van der Waals surface area contributed by atoms with E-state index in [1.807, 2.05) is 30.3 Å². The lowest BCUT2D eigenvalue weighted by molar-refractivity contribution is -0.143. The number of halogens is 1. The van der Waals surface area contributed by atoms with Crippen LogP contribution >= 0.6 is 12.4 Å². The van der Waals surface area contributed by atoms with Crippen molar-refractivity contribution in [3.05, 3.63) is 30.3 Å². The number of hydrogen-bond acceptors (Lipinski definition) is 3. The van der Waals surface area contributed by atoms with Crippen LogP contribution in [0.5, 0.6) is 0 Å². The first kappa shape index (κ1) is 16.0. The normalized spacial score (nSPS) is 17.4. The molecule has 1 aromatic rings. The van der Waals surface area contributed by atoms with Gasteiger partial charge >= 0.3 is 0 Å². The molecule has 0 atom stereocenters. The summed E-state index contributed by atoms with van der Waals surface area (Å²) >= 11 is 0. The predicted octanol–water partition coefficient (Wildman–Crippen LogP) is 1.84. The maximum atomic E-state index is 12.6. The minimum Gasteiger partial charge on any atom is -0.368 e. The number of likely N-dealkylation sites (N-methyl/N-ethyl adjacent to an activating group) is 1. The molecular weight excluding hydrogens is 264 g/mol. The molecule has 0 saturated carbocycles. The fourth-order valence-corrected chi connectivity index (χ4v) is 2.41. The molecule has 1 aliphatic rings. The number of anilines is 1. The maximum absolute atomic E-state index is 12.6. The molecule has 1 N–H and O–H groups in total. The number of piperidine rings is 1. The summed E-state index contributed by atoms with van der Waals surface area (Å²) in [5.74, 6) is 0.0395. The molecule has 1 aliphatic heterocycles. The highest BCUT2D eigenvalue weighted by molar-refractivity contribution is 5.99. The van der Waals surface area contributed by atoms with E-state index in [4.69, 9.17) is 4.74 Å². The van der Waals surface area contributed by atoms with Crippen molar-refractivity contribution in [3.63, 3.8) is 0 Å². The summed E-state index contributed by atoms with van der Waals surface area (Å²) in [6, 6.07) is 9.67. The Morgan fingerprint density at radius 3 is 2.37 bits per heavy atom. The van der Waals surface area contributed by atoms with E-state index in [1.165, 1.54) is 0 Å². The first-order valence-electron chi connectivity index (χ1n) is 6.29. The van der Waals surface area contributed by atoms with Crippen LogP contribution in [0, 0.1) is 0 Å². The van der Waals surface area contributed by atoms with Crippen LogP contribution in [0.3, 0.4) is 0 Å². The standard InChI is InChI=1S/C14H20N2O2.ClH/c1-16(12-6-4-3-5-7-12)13(17)14(18-2)8-10-15-11-9-14;/h3-7,15H,8-11H2,1-2H3;1H. The van der Waals surface area contributed by atoms with Crippen LogP contribution in [0.2, 0.25) is 0 Å². The summed E-state index contributed by atoms with van der Waals surface area (Å²) in [6.45, 7) is 1.64.